The molecule has 0 bridgehead atoms. The van der Waals surface area contributed by atoms with Crippen molar-refractivity contribution in [3.05, 3.63) is 29.6 Å². The number of aromatic nitrogens is 1. The number of pyridine rings is 1. The van der Waals surface area contributed by atoms with Gasteiger partial charge in [0.2, 0.25) is 0 Å². The SMILES string of the molecule is FC(F)c1ccc(CCl)nc1. The van der Waals surface area contributed by atoms with E-state index >= 15 is 0 Å². The molecule has 0 aromatic carbocycles. The molecule has 1 aromatic heterocycles. The highest BCUT2D eigenvalue weighted by Gasteiger charge is 2.05. The van der Waals surface area contributed by atoms with Crippen LogP contribution in [0.25, 0.3) is 0 Å². The zero-order valence-corrected chi connectivity index (χ0v) is 6.35. The smallest absolute Gasteiger partial charge is 0.260 e. The minimum absolute atomic E-state index is 0.0705. The number of rotatable bonds is 2. The predicted molar refractivity (Wildman–Crippen MR) is 38.8 cm³/mol. The van der Waals surface area contributed by atoms with Crippen molar-refractivity contribution >= 4 is 11.6 Å². The van der Waals surface area contributed by atoms with E-state index in [-0.39, 0.29) is 11.4 Å². The van der Waals surface area contributed by atoms with E-state index < -0.39 is 6.43 Å². The van der Waals surface area contributed by atoms with Crippen LogP contribution in [0.4, 0.5) is 8.78 Å². The van der Waals surface area contributed by atoms with Crippen molar-refractivity contribution in [2.45, 2.75) is 12.3 Å². The molecule has 4 heteroatoms. The van der Waals surface area contributed by atoms with Gasteiger partial charge in [-0.2, -0.15) is 0 Å². The van der Waals surface area contributed by atoms with Crippen molar-refractivity contribution in [1.82, 2.24) is 4.98 Å². The van der Waals surface area contributed by atoms with Crippen molar-refractivity contribution in [2.24, 2.45) is 0 Å². The molecule has 0 saturated heterocycles. The van der Waals surface area contributed by atoms with Gasteiger partial charge in [0.15, 0.2) is 0 Å². The first kappa shape index (κ1) is 8.40. The van der Waals surface area contributed by atoms with Crippen LogP contribution in [-0.2, 0) is 5.88 Å². The molecule has 0 unspecified atom stereocenters. The average Bonchev–Trinajstić information content (AvgIpc) is 2.05. The summed E-state index contributed by atoms with van der Waals surface area (Å²) in [5.41, 5.74) is 0.537. The molecule has 0 saturated carbocycles. The second-order valence-electron chi connectivity index (χ2n) is 2.02. The monoisotopic (exact) mass is 177 g/mol. The van der Waals surface area contributed by atoms with E-state index in [1.807, 2.05) is 0 Å². The number of halogens is 3. The molecule has 0 amide bonds. The van der Waals surface area contributed by atoms with Crippen LogP contribution in [0, 0.1) is 0 Å². The van der Waals surface area contributed by atoms with Crippen molar-refractivity contribution < 1.29 is 8.78 Å². The highest BCUT2D eigenvalue weighted by Crippen LogP contribution is 2.17. The molecule has 0 aliphatic rings. The summed E-state index contributed by atoms with van der Waals surface area (Å²) in [6, 6.07) is 2.82. The van der Waals surface area contributed by atoms with Gasteiger partial charge in [0.05, 0.1) is 11.6 Å². The van der Waals surface area contributed by atoms with Gasteiger partial charge in [0.25, 0.3) is 6.43 Å². The van der Waals surface area contributed by atoms with Gasteiger partial charge >= 0.3 is 0 Å². The number of hydrogen-bond acceptors (Lipinski definition) is 1. The van der Waals surface area contributed by atoms with E-state index in [0.717, 1.165) is 6.20 Å². The van der Waals surface area contributed by atoms with Gasteiger partial charge in [-0.15, -0.1) is 11.6 Å². The van der Waals surface area contributed by atoms with E-state index in [2.05, 4.69) is 4.98 Å². The van der Waals surface area contributed by atoms with Gasteiger partial charge in [-0.25, -0.2) is 8.78 Å². The molecule has 0 N–H and O–H groups in total. The number of hydrogen-bond donors (Lipinski definition) is 0. The van der Waals surface area contributed by atoms with E-state index in [1.165, 1.54) is 12.1 Å². The lowest BCUT2D eigenvalue weighted by molar-refractivity contribution is 0.151. The fourth-order valence-corrected chi connectivity index (χ4v) is 0.802. The Morgan fingerprint density at radius 2 is 2.18 bits per heavy atom. The van der Waals surface area contributed by atoms with E-state index in [4.69, 9.17) is 11.6 Å². The van der Waals surface area contributed by atoms with Crippen LogP contribution in [0.5, 0.6) is 0 Å². The molecular weight excluding hydrogens is 172 g/mol. The quantitative estimate of drug-likeness (QED) is 0.633. The molecule has 1 heterocycles. The molecule has 0 spiro atoms. The predicted octanol–water partition coefficient (Wildman–Crippen LogP) is 2.76. The van der Waals surface area contributed by atoms with Gasteiger partial charge in [-0.1, -0.05) is 0 Å². The average molecular weight is 178 g/mol. The topological polar surface area (TPSA) is 12.9 Å². The number of nitrogens with zero attached hydrogens (tertiary/aromatic N) is 1. The minimum Gasteiger partial charge on any atom is -0.260 e. The second-order valence-corrected chi connectivity index (χ2v) is 2.28. The van der Waals surface area contributed by atoms with Crippen molar-refractivity contribution in [1.29, 1.82) is 0 Å². The largest absolute Gasteiger partial charge is 0.265 e. The lowest BCUT2D eigenvalue weighted by Gasteiger charge is -1.98. The first-order valence-corrected chi connectivity index (χ1v) is 3.56. The summed E-state index contributed by atoms with van der Waals surface area (Å²) in [6.45, 7) is 0. The minimum atomic E-state index is -2.45. The fraction of sp³-hybridized carbons (Fsp3) is 0.286. The second kappa shape index (κ2) is 3.62. The molecule has 0 aliphatic heterocycles. The van der Waals surface area contributed by atoms with Gasteiger partial charge in [-0.05, 0) is 12.1 Å². The zero-order valence-electron chi connectivity index (χ0n) is 5.60. The Hall–Kier alpha value is -0.700. The fourth-order valence-electron chi connectivity index (χ4n) is 0.644. The van der Waals surface area contributed by atoms with Gasteiger partial charge in [-0.3, -0.25) is 4.98 Å². The maximum atomic E-state index is 11.9. The third-order valence-electron chi connectivity index (χ3n) is 1.24. The molecule has 0 aliphatic carbocycles. The maximum absolute atomic E-state index is 11.9. The Kier molecular flexibility index (Phi) is 2.76. The zero-order chi connectivity index (χ0) is 8.27. The van der Waals surface area contributed by atoms with Gasteiger partial charge in [0, 0.05) is 11.8 Å². The summed E-state index contributed by atoms with van der Waals surface area (Å²) in [4.78, 5) is 3.71. The molecule has 11 heavy (non-hydrogen) atoms. The van der Waals surface area contributed by atoms with Crippen LogP contribution in [0.3, 0.4) is 0 Å². The van der Waals surface area contributed by atoms with Crippen LogP contribution in [0.15, 0.2) is 18.3 Å². The summed E-state index contributed by atoms with van der Waals surface area (Å²) in [7, 11) is 0. The lowest BCUT2D eigenvalue weighted by Crippen LogP contribution is -1.88. The van der Waals surface area contributed by atoms with Crippen LogP contribution in [-0.4, -0.2) is 4.98 Å². The van der Waals surface area contributed by atoms with Crippen LogP contribution >= 0.6 is 11.6 Å². The van der Waals surface area contributed by atoms with Crippen molar-refractivity contribution in [3.63, 3.8) is 0 Å². The standard InChI is InChI=1S/C7H6ClF2N/c8-3-6-2-1-5(4-11-6)7(9)10/h1-2,4,7H,3H2. The van der Waals surface area contributed by atoms with Crippen LogP contribution in [0.2, 0.25) is 0 Å². The third-order valence-corrected chi connectivity index (χ3v) is 1.51. The molecule has 1 nitrogen and oxygen atoms in total. The summed E-state index contributed by atoms with van der Waals surface area (Å²) >= 11 is 5.41. The normalized spacial score (nSPS) is 10.5. The Labute approximate surface area is 68.0 Å². The van der Waals surface area contributed by atoms with Crippen LogP contribution < -0.4 is 0 Å². The Balaban J connectivity index is 2.83. The Morgan fingerprint density at radius 1 is 1.45 bits per heavy atom. The van der Waals surface area contributed by atoms with E-state index in [0.29, 0.717) is 5.69 Å². The maximum Gasteiger partial charge on any atom is 0.265 e. The molecular formula is C7H6ClF2N. The van der Waals surface area contributed by atoms with Gasteiger partial charge in [0.1, 0.15) is 0 Å². The Morgan fingerprint density at radius 3 is 2.55 bits per heavy atom. The molecule has 0 radical (unpaired) electrons. The summed E-state index contributed by atoms with van der Waals surface area (Å²) in [5.74, 6) is 0.253. The molecule has 1 aromatic rings. The lowest BCUT2D eigenvalue weighted by atomic mass is 10.3. The van der Waals surface area contributed by atoms with Gasteiger partial charge < -0.3 is 0 Å². The molecule has 0 fully saturated rings. The Bertz CT molecular complexity index is 222. The highest BCUT2D eigenvalue weighted by atomic mass is 35.5. The van der Waals surface area contributed by atoms with E-state index in [9.17, 15) is 8.78 Å². The number of alkyl halides is 3. The highest BCUT2D eigenvalue weighted by molar-refractivity contribution is 6.16. The molecule has 0 atom stereocenters. The summed E-state index contributed by atoms with van der Waals surface area (Å²) in [6.07, 6.45) is -1.31. The summed E-state index contributed by atoms with van der Waals surface area (Å²) in [5, 5.41) is 0. The van der Waals surface area contributed by atoms with Crippen LogP contribution in [0.1, 0.15) is 17.7 Å². The first-order chi connectivity index (χ1) is 5.24. The van der Waals surface area contributed by atoms with Crippen molar-refractivity contribution in [3.8, 4) is 0 Å². The molecule has 60 valence electrons. The molecule has 1 rings (SSSR count). The van der Waals surface area contributed by atoms with Crippen molar-refractivity contribution in [2.75, 3.05) is 0 Å². The van der Waals surface area contributed by atoms with E-state index in [1.54, 1.807) is 0 Å². The third kappa shape index (κ3) is 2.12. The first-order valence-electron chi connectivity index (χ1n) is 3.03. The summed E-state index contributed by atoms with van der Waals surface area (Å²) < 4.78 is 23.9.